The molecule has 0 radical (unpaired) electrons. The molecule has 6 nitrogen and oxygen atoms in total. The van der Waals surface area contributed by atoms with Crippen LogP contribution in [-0.4, -0.2) is 45.4 Å². The summed E-state index contributed by atoms with van der Waals surface area (Å²) in [6, 6.07) is 7.68. The lowest BCUT2D eigenvalue weighted by Gasteiger charge is -2.37. The highest BCUT2D eigenvalue weighted by molar-refractivity contribution is 6.31. The van der Waals surface area contributed by atoms with Gasteiger partial charge in [-0.1, -0.05) is 35.0 Å². The molecule has 1 aliphatic heterocycles. The third-order valence-corrected chi connectivity index (χ3v) is 4.20. The Balaban J connectivity index is 1.72. The van der Waals surface area contributed by atoms with Crippen LogP contribution in [0.2, 0.25) is 5.02 Å². The molecule has 1 aromatic heterocycles. The fourth-order valence-electron chi connectivity index (χ4n) is 2.73. The first-order valence-corrected chi connectivity index (χ1v) is 7.72. The first-order valence-electron chi connectivity index (χ1n) is 7.34. The normalized spacial score (nSPS) is 18.4. The Hall–Kier alpha value is -1.92. The topological polar surface area (TPSA) is 63.1 Å². The van der Waals surface area contributed by atoms with Crippen molar-refractivity contribution in [3.63, 3.8) is 0 Å². The predicted octanol–water partition coefficient (Wildman–Crippen LogP) is 1.49. The van der Waals surface area contributed by atoms with Gasteiger partial charge in [0.15, 0.2) is 0 Å². The number of amides is 1. The Bertz CT molecular complexity index is 631. The van der Waals surface area contributed by atoms with Crippen LogP contribution >= 0.6 is 11.6 Å². The number of piperazine rings is 1. The molecule has 2 aromatic rings. The fraction of sp³-hybridized carbons (Fsp3) is 0.400. The van der Waals surface area contributed by atoms with Gasteiger partial charge in [-0.15, -0.1) is 5.10 Å². The molecular formula is C15H18ClN5O. The van der Waals surface area contributed by atoms with Gasteiger partial charge in [-0.25, -0.2) is 0 Å². The van der Waals surface area contributed by atoms with E-state index in [0.717, 1.165) is 18.7 Å². The zero-order chi connectivity index (χ0) is 15.4. The summed E-state index contributed by atoms with van der Waals surface area (Å²) in [5, 5.41) is 11.7. The second-order valence-electron chi connectivity index (χ2n) is 5.24. The number of hydrogen-bond acceptors (Lipinski definition) is 4. The van der Waals surface area contributed by atoms with E-state index in [0.29, 0.717) is 24.5 Å². The Labute approximate surface area is 134 Å². The average molecular weight is 320 g/mol. The summed E-state index contributed by atoms with van der Waals surface area (Å²) >= 11 is 6.30. The van der Waals surface area contributed by atoms with Gasteiger partial charge in [-0.3, -0.25) is 9.48 Å². The van der Waals surface area contributed by atoms with Crippen molar-refractivity contribution in [1.29, 1.82) is 0 Å². The van der Waals surface area contributed by atoms with Gasteiger partial charge in [-0.05, 0) is 11.6 Å². The predicted molar refractivity (Wildman–Crippen MR) is 83.4 cm³/mol. The van der Waals surface area contributed by atoms with Crippen LogP contribution in [0.15, 0.2) is 36.7 Å². The summed E-state index contributed by atoms with van der Waals surface area (Å²) < 4.78 is 1.67. The van der Waals surface area contributed by atoms with E-state index in [-0.39, 0.29) is 11.9 Å². The molecule has 22 heavy (non-hydrogen) atoms. The van der Waals surface area contributed by atoms with E-state index in [1.807, 2.05) is 29.2 Å². The number of nitrogens with zero attached hydrogens (tertiary/aromatic N) is 4. The lowest BCUT2D eigenvalue weighted by atomic mass is 10.0. The third-order valence-electron chi connectivity index (χ3n) is 3.85. The molecule has 1 atom stereocenters. The molecule has 3 rings (SSSR count). The molecule has 1 N–H and O–H groups in total. The lowest BCUT2D eigenvalue weighted by Crippen LogP contribution is -2.49. The summed E-state index contributed by atoms with van der Waals surface area (Å²) in [6.07, 6.45) is 3.78. The number of nitrogens with one attached hydrogen (secondary N) is 1. The minimum Gasteiger partial charge on any atom is -0.333 e. The van der Waals surface area contributed by atoms with E-state index in [2.05, 4.69) is 15.6 Å². The smallest absolute Gasteiger partial charge is 0.225 e. The molecule has 1 aromatic carbocycles. The van der Waals surface area contributed by atoms with Crippen LogP contribution in [0.25, 0.3) is 0 Å². The highest BCUT2D eigenvalue weighted by atomic mass is 35.5. The van der Waals surface area contributed by atoms with Crippen LogP contribution in [0.1, 0.15) is 18.0 Å². The molecule has 1 fully saturated rings. The molecule has 1 saturated heterocycles. The molecular weight excluding hydrogens is 302 g/mol. The average Bonchev–Trinajstić information content (AvgIpc) is 3.06. The van der Waals surface area contributed by atoms with Crippen LogP contribution in [0.4, 0.5) is 0 Å². The quantitative estimate of drug-likeness (QED) is 0.927. The standard InChI is InChI=1S/C15H18ClN5O/c16-13-4-2-1-3-12(13)14-11-17-6-10-21(14)15(22)5-8-20-9-7-18-19-20/h1-4,7,9,14,17H,5-6,8,10-11H2. The maximum absolute atomic E-state index is 12.6. The Morgan fingerprint density at radius 1 is 1.41 bits per heavy atom. The van der Waals surface area contributed by atoms with E-state index < -0.39 is 0 Å². The SMILES string of the molecule is O=C(CCn1ccnn1)N1CCNCC1c1ccccc1Cl. The maximum atomic E-state index is 12.6. The maximum Gasteiger partial charge on any atom is 0.225 e. The molecule has 2 heterocycles. The zero-order valence-corrected chi connectivity index (χ0v) is 12.9. The Morgan fingerprint density at radius 3 is 3.05 bits per heavy atom. The number of aromatic nitrogens is 3. The van der Waals surface area contributed by atoms with Crippen molar-refractivity contribution in [3.05, 3.63) is 47.2 Å². The van der Waals surface area contributed by atoms with E-state index in [1.165, 1.54) is 0 Å². The van der Waals surface area contributed by atoms with Crippen molar-refractivity contribution in [1.82, 2.24) is 25.2 Å². The molecule has 0 spiro atoms. The first kappa shape index (κ1) is 15.0. The van der Waals surface area contributed by atoms with Crippen LogP contribution < -0.4 is 5.32 Å². The van der Waals surface area contributed by atoms with Crippen LogP contribution in [0, 0.1) is 0 Å². The van der Waals surface area contributed by atoms with Gasteiger partial charge in [0.2, 0.25) is 5.91 Å². The molecule has 0 bridgehead atoms. The third kappa shape index (κ3) is 3.28. The highest BCUT2D eigenvalue weighted by Crippen LogP contribution is 2.28. The molecule has 1 amide bonds. The molecule has 0 aliphatic carbocycles. The highest BCUT2D eigenvalue weighted by Gasteiger charge is 2.28. The largest absolute Gasteiger partial charge is 0.333 e. The van der Waals surface area contributed by atoms with Crippen molar-refractivity contribution in [2.75, 3.05) is 19.6 Å². The fourth-order valence-corrected chi connectivity index (χ4v) is 2.99. The number of benzene rings is 1. The zero-order valence-electron chi connectivity index (χ0n) is 12.2. The van der Waals surface area contributed by atoms with E-state index in [4.69, 9.17) is 11.6 Å². The Kier molecular flexibility index (Phi) is 4.70. The summed E-state index contributed by atoms with van der Waals surface area (Å²) in [5.74, 6) is 0.113. The summed E-state index contributed by atoms with van der Waals surface area (Å²) in [7, 11) is 0. The van der Waals surface area contributed by atoms with Crippen molar-refractivity contribution < 1.29 is 4.79 Å². The van der Waals surface area contributed by atoms with Crippen LogP contribution in [0.3, 0.4) is 0 Å². The van der Waals surface area contributed by atoms with Crippen LogP contribution in [-0.2, 0) is 11.3 Å². The van der Waals surface area contributed by atoms with E-state index in [9.17, 15) is 4.79 Å². The molecule has 0 saturated carbocycles. The second kappa shape index (κ2) is 6.89. The van der Waals surface area contributed by atoms with Crippen molar-refractivity contribution >= 4 is 17.5 Å². The number of rotatable bonds is 4. The van der Waals surface area contributed by atoms with Gasteiger partial charge < -0.3 is 10.2 Å². The van der Waals surface area contributed by atoms with Gasteiger partial charge in [0.25, 0.3) is 0 Å². The Morgan fingerprint density at radius 2 is 2.27 bits per heavy atom. The summed E-state index contributed by atoms with van der Waals surface area (Å²) in [5.41, 5.74) is 0.991. The number of carbonyl (C=O) groups excluding carboxylic acids is 1. The number of hydrogen-bond donors (Lipinski definition) is 1. The molecule has 1 unspecified atom stereocenters. The van der Waals surface area contributed by atoms with Gasteiger partial charge in [-0.2, -0.15) is 0 Å². The van der Waals surface area contributed by atoms with Gasteiger partial charge in [0, 0.05) is 37.3 Å². The monoisotopic (exact) mass is 319 g/mol. The molecule has 116 valence electrons. The van der Waals surface area contributed by atoms with Gasteiger partial charge in [0.1, 0.15) is 0 Å². The minimum atomic E-state index is -0.0225. The van der Waals surface area contributed by atoms with Crippen molar-refractivity contribution in [2.45, 2.75) is 19.0 Å². The first-order chi connectivity index (χ1) is 10.8. The van der Waals surface area contributed by atoms with Crippen molar-refractivity contribution in [2.24, 2.45) is 0 Å². The van der Waals surface area contributed by atoms with Gasteiger partial charge in [0.05, 0.1) is 18.8 Å². The number of aryl methyl sites for hydroxylation is 1. The molecule has 1 aliphatic rings. The van der Waals surface area contributed by atoms with Crippen LogP contribution in [0.5, 0.6) is 0 Å². The number of halogens is 1. The second-order valence-corrected chi connectivity index (χ2v) is 5.65. The molecule has 7 heteroatoms. The summed E-state index contributed by atoms with van der Waals surface area (Å²) in [6.45, 7) is 2.75. The van der Waals surface area contributed by atoms with E-state index >= 15 is 0 Å². The number of carbonyl (C=O) groups is 1. The van der Waals surface area contributed by atoms with Crippen molar-refractivity contribution in [3.8, 4) is 0 Å². The summed E-state index contributed by atoms with van der Waals surface area (Å²) in [4.78, 5) is 14.5. The van der Waals surface area contributed by atoms with E-state index in [1.54, 1.807) is 17.1 Å². The minimum absolute atomic E-state index is 0.0225. The lowest BCUT2D eigenvalue weighted by molar-refractivity contribution is -0.134. The van der Waals surface area contributed by atoms with Gasteiger partial charge >= 0.3 is 0 Å².